The Hall–Kier alpha value is -0.880. The number of nitrogens with zero attached hydrogens (tertiary/aromatic N) is 1. The van der Waals surface area contributed by atoms with Crippen molar-refractivity contribution in [2.24, 2.45) is 0 Å². The molecular weight excluding hydrogens is 288 g/mol. The van der Waals surface area contributed by atoms with E-state index in [9.17, 15) is 4.79 Å². The standard InChI is InChI=1S/C11H17BrN2O3/c1-7(12)4-8(2)13-11(15)10-5-9(6-16-3)17-14-10/h5,7-8H,4,6H2,1-3H3,(H,13,15). The lowest BCUT2D eigenvalue weighted by Crippen LogP contribution is -2.34. The zero-order valence-corrected chi connectivity index (χ0v) is 11.8. The van der Waals surface area contributed by atoms with Crippen LogP contribution in [0, 0.1) is 0 Å². The van der Waals surface area contributed by atoms with Gasteiger partial charge in [0.1, 0.15) is 6.61 Å². The highest BCUT2D eigenvalue weighted by molar-refractivity contribution is 9.09. The molecule has 0 spiro atoms. The molecular formula is C11H17BrN2O3. The first kappa shape index (κ1) is 14.2. The number of methoxy groups -OCH3 is 1. The summed E-state index contributed by atoms with van der Waals surface area (Å²) in [4.78, 5) is 12.1. The van der Waals surface area contributed by atoms with Crippen LogP contribution in [0.2, 0.25) is 0 Å². The number of aromatic nitrogens is 1. The summed E-state index contributed by atoms with van der Waals surface area (Å²) in [5.74, 6) is 0.316. The van der Waals surface area contributed by atoms with E-state index < -0.39 is 0 Å². The normalized spacial score (nSPS) is 14.4. The number of nitrogens with one attached hydrogen (secondary N) is 1. The van der Waals surface area contributed by atoms with Crippen LogP contribution in [-0.2, 0) is 11.3 Å². The second-order valence-electron chi connectivity index (χ2n) is 4.00. The van der Waals surface area contributed by atoms with E-state index in [0.717, 1.165) is 6.42 Å². The molecule has 0 aliphatic carbocycles. The van der Waals surface area contributed by atoms with E-state index >= 15 is 0 Å². The number of amides is 1. The summed E-state index contributed by atoms with van der Waals surface area (Å²) in [6.07, 6.45) is 0.856. The van der Waals surface area contributed by atoms with Gasteiger partial charge in [-0.2, -0.15) is 0 Å². The molecule has 1 amide bonds. The lowest BCUT2D eigenvalue weighted by Gasteiger charge is -2.13. The highest BCUT2D eigenvalue weighted by atomic mass is 79.9. The Morgan fingerprint density at radius 2 is 2.35 bits per heavy atom. The second kappa shape index (κ2) is 6.76. The third-order valence-electron chi connectivity index (χ3n) is 2.13. The summed E-state index contributed by atoms with van der Waals surface area (Å²) >= 11 is 3.44. The molecule has 96 valence electrons. The molecule has 2 unspecified atom stereocenters. The van der Waals surface area contributed by atoms with Gasteiger partial charge in [0, 0.05) is 24.0 Å². The van der Waals surface area contributed by atoms with Crippen molar-refractivity contribution < 1.29 is 14.1 Å². The fraction of sp³-hybridized carbons (Fsp3) is 0.636. The highest BCUT2D eigenvalue weighted by Gasteiger charge is 2.15. The Bertz CT molecular complexity index is 365. The minimum Gasteiger partial charge on any atom is -0.377 e. The van der Waals surface area contributed by atoms with Crippen molar-refractivity contribution in [3.63, 3.8) is 0 Å². The van der Waals surface area contributed by atoms with E-state index in [2.05, 4.69) is 26.4 Å². The van der Waals surface area contributed by atoms with Crippen molar-refractivity contribution >= 4 is 21.8 Å². The molecule has 0 aliphatic heterocycles. The first-order chi connectivity index (χ1) is 8.02. The predicted molar refractivity (Wildman–Crippen MR) is 67.2 cm³/mol. The van der Waals surface area contributed by atoms with Gasteiger partial charge in [-0.15, -0.1) is 0 Å². The van der Waals surface area contributed by atoms with Gasteiger partial charge >= 0.3 is 0 Å². The monoisotopic (exact) mass is 304 g/mol. The largest absolute Gasteiger partial charge is 0.377 e. The minimum atomic E-state index is -0.225. The molecule has 0 aromatic carbocycles. The average Bonchev–Trinajstić information content (AvgIpc) is 2.65. The summed E-state index contributed by atoms with van der Waals surface area (Å²) < 4.78 is 9.83. The van der Waals surface area contributed by atoms with Crippen molar-refractivity contribution in [2.45, 2.75) is 37.7 Å². The molecule has 1 heterocycles. The van der Waals surface area contributed by atoms with Gasteiger partial charge in [0.05, 0.1) is 0 Å². The zero-order chi connectivity index (χ0) is 12.8. The SMILES string of the molecule is COCc1cc(C(=O)NC(C)CC(C)Br)no1. The summed E-state index contributed by atoms with van der Waals surface area (Å²) in [7, 11) is 1.56. The minimum absolute atomic E-state index is 0.0828. The topological polar surface area (TPSA) is 64.4 Å². The first-order valence-corrected chi connectivity index (χ1v) is 6.34. The lowest BCUT2D eigenvalue weighted by molar-refractivity contribution is 0.0929. The van der Waals surface area contributed by atoms with Gasteiger partial charge < -0.3 is 14.6 Å². The van der Waals surface area contributed by atoms with Crippen LogP contribution < -0.4 is 5.32 Å². The number of rotatable bonds is 6. The van der Waals surface area contributed by atoms with E-state index in [1.54, 1.807) is 13.2 Å². The van der Waals surface area contributed by atoms with E-state index in [4.69, 9.17) is 9.26 Å². The molecule has 0 saturated carbocycles. The molecule has 5 nitrogen and oxygen atoms in total. The fourth-order valence-corrected chi connectivity index (χ4v) is 2.03. The Kier molecular flexibility index (Phi) is 5.64. The predicted octanol–water partition coefficient (Wildman–Crippen LogP) is 2.11. The van der Waals surface area contributed by atoms with Crippen LogP contribution >= 0.6 is 15.9 Å². The summed E-state index contributed by atoms with van der Waals surface area (Å²) in [6.45, 7) is 4.30. The summed E-state index contributed by atoms with van der Waals surface area (Å²) in [5, 5.41) is 6.54. The third-order valence-corrected chi connectivity index (χ3v) is 2.51. The van der Waals surface area contributed by atoms with Gasteiger partial charge in [-0.25, -0.2) is 0 Å². The van der Waals surface area contributed by atoms with Crippen molar-refractivity contribution in [1.82, 2.24) is 10.5 Å². The average molecular weight is 305 g/mol. The maximum Gasteiger partial charge on any atom is 0.273 e. The van der Waals surface area contributed by atoms with Crippen molar-refractivity contribution in [2.75, 3.05) is 7.11 Å². The number of hydrogen-bond acceptors (Lipinski definition) is 4. The van der Waals surface area contributed by atoms with E-state index in [1.165, 1.54) is 0 Å². The maximum atomic E-state index is 11.8. The number of halogens is 1. The van der Waals surface area contributed by atoms with E-state index in [-0.39, 0.29) is 17.6 Å². The highest BCUT2D eigenvalue weighted by Crippen LogP contribution is 2.08. The second-order valence-corrected chi connectivity index (χ2v) is 5.57. The number of alkyl halides is 1. The van der Waals surface area contributed by atoms with Gasteiger partial charge in [-0.1, -0.05) is 28.0 Å². The van der Waals surface area contributed by atoms with Crippen LogP contribution in [0.4, 0.5) is 0 Å². The molecule has 0 bridgehead atoms. The third kappa shape index (κ3) is 4.87. The summed E-state index contributed by atoms with van der Waals surface area (Å²) in [5.41, 5.74) is 0.283. The Balaban J connectivity index is 2.51. The van der Waals surface area contributed by atoms with Crippen LogP contribution in [0.1, 0.15) is 36.5 Å². The van der Waals surface area contributed by atoms with E-state index in [1.807, 2.05) is 13.8 Å². The van der Waals surface area contributed by atoms with Crippen LogP contribution in [0.15, 0.2) is 10.6 Å². The number of ether oxygens (including phenoxy) is 1. The first-order valence-electron chi connectivity index (χ1n) is 5.42. The number of hydrogen-bond donors (Lipinski definition) is 1. The lowest BCUT2D eigenvalue weighted by atomic mass is 10.2. The molecule has 0 radical (unpaired) electrons. The van der Waals surface area contributed by atoms with Crippen LogP contribution in [0.5, 0.6) is 0 Å². The van der Waals surface area contributed by atoms with Crippen molar-refractivity contribution in [1.29, 1.82) is 0 Å². The number of carbonyl (C=O) groups is 1. The molecule has 0 saturated heterocycles. The van der Waals surface area contributed by atoms with Gasteiger partial charge in [0.2, 0.25) is 0 Å². The number of carbonyl (C=O) groups excluding carboxylic acids is 1. The Morgan fingerprint density at radius 1 is 1.65 bits per heavy atom. The molecule has 1 rings (SSSR count). The van der Waals surface area contributed by atoms with Crippen LogP contribution in [0.25, 0.3) is 0 Å². The van der Waals surface area contributed by atoms with Gasteiger partial charge in [-0.05, 0) is 13.3 Å². The molecule has 2 atom stereocenters. The zero-order valence-electron chi connectivity index (χ0n) is 10.2. The fourth-order valence-electron chi connectivity index (χ4n) is 1.47. The van der Waals surface area contributed by atoms with Gasteiger partial charge in [-0.3, -0.25) is 4.79 Å². The summed E-state index contributed by atoms with van der Waals surface area (Å²) in [6, 6.07) is 1.67. The maximum absolute atomic E-state index is 11.8. The van der Waals surface area contributed by atoms with Crippen LogP contribution in [-0.4, -0.2) is 29.0 Å². The Labute approximate surface area is 109 Å². The van der Waals surface area contributed by atoms with Gasteiger partial charge in [0.15, 0.2) is 11.5 Å². The molecule has 0 aliphatic rings. The quantitative estimate of drug-likeness (QED) is 0.818. The molecule has 1 aromatic heterocycles. The Morgan fingerprint density at radius 3 is 2.94 bits per heavy atom. The van der Waals surface area contributed by atoms with Gasteiger partial charge in [0.25, 0.3) is 5.91 Å². The molecule has 0 fully saturated rings. The van der Waals surface area contributed by atoms with E-state index in [0.29, 0.717) is 17.2 Å². The smallest absolute Gasteiger partial charge is 0.273 e. The molecule has 6 heteroatoms. The van der Waals surface area contributed by atoms with Crippen molar-refractivity contribution in [3.05, 3.63) is 17.5 Å². The molecule has 1 aromatic rings. The van der Waals surface area contributed by atoms with Crippen LogP contribution in [0.3, 0.4) is 0 Å². The molecule has 17 heavy (non-hydrogen) atoms. The molecule has 1 N–H and O–H groups in total. The van der Waals surface area contributed by atoms with Crippen molar-refractivity contribution in [3.8, 4) is 0 Å².